The molecule has 0 aromatic carbocycles. The summed E-state index contributed by atoms with van der Waals surface area (Å²) in [7, 11) is 0. The molecular formula is C13H18. The van der Waals surface area contributed by atoms with Crippen molar-refractivity contribution >= 4 is 0 Å². The van der Waals surface area contributed by atoms with E-state index in [-0.39, 0.29) is 0 Å². The van der Waals surface area contributed by atoms with E-state index in [2.05, 4.69) is 44.2 Å². The number of hydrogen-bond acceptors (Lipinski definition) is 0. The Bertz CT molecular complexity index is 266. The van der Waals surface area contributed by atoms with Crippen molar-refractivity contribution < 1.29 is 0 Å². The molecule has 2 atom stereocenters. The normalized spacial score (nSPS) is 31.8. The van der Waals surface area contributed by atoms with E-state index in [0.29, 0.717) is 0 Å². The van der Waals surface area contributed by atoms with E-state index in [1.165, 1.54) is 12.8 Å². The summed E-state index contributed by atoms with van der Waals surface area (Å²) in [6, 6.07) is 0. The Balaban J connectivity index is 2.18. The second kappa shape index (κ2) is 3.53. The van der Waals surface area contributed by atoms with Gasteiger partial charge in [-0.1, -0.05) is 44.2 Å². The molecule has 0 bridgehead atoms. The van der Waals surface area contributed by atoms with Gasteiger partial charge in [0.25, 0.3) is 0 Å². The van der Waals surface area contributed by atoms with Crippen LogP contribution >= 0.6 is 0 Å². The van der Waals surface area contributed by atoms with Gasteiger partial charge in [-0.05, 0) is 30.3 Å². The van der Waals surface area contributed by atoms with Crippen molar-refractivity contribution in [2.45, 2.75) is 26.7 Å². The first kappa shape index (κ1) is 8.80. The summed E-state index contributed by atoms with van der Waals surface area (Å²) >= 11 is 0. The van der Waals surface area contributed by atoms with Gasteiger partial charge in [0.2, 0.25) is 0 Å². The number of fused-ring (bicyclic) bond motifs is 1. The molecule has 0 spiro atoms. The molecule has 0 radical (unpaired) electrons. The molecule has 13 heavy (non-hydrogen) atoms. The zero-order chi connectivity index (χ0) is 9.26. The highest BCUT2D eigenvalue weighted by atomic mass is 14.3. The summed E-state index contributed by atoms with van der Waals surface area (Å²) in [6.07, 6.45) is 14.1. The summed E-state index contributed by atoms with van der Waals surface area (Å²) in [4.78, 5) is 0. The second-order valence-electron chi connectivity index (χ2n) is 4.50. The van der Waals surface area contributed by atoms with Gasteiger partial charge in [0.05, 0.1) is 0 Å². The lowest BCUT2D eigenvalue weighted by atomic mass is 9.77. The van der Waals surface area contributed by atoms with Crippen LogP contribution in [0.2, 0.25) is 0 Å². The Morgan fingerprint density at radius 1 is 1.23 bits per heavy atom. The topological polar surface area (TPSA) is 0 Å². The van der Waals surface area contributed by atoms with Crippen molar-refractivity contribution in [1.82, 2.24) is 0 Å². The Morgan fingerprint density at radius 2 is 2.08 bits per heavy atom. The molecule has 0 nitrogen and oxygen atoms in total. The Morgan fingerprint density at radius 3 is 2.85 bits per heavy atom. The Hall–Kier alpha value is -0.780. The van der Waals surface area contributed by atoms with Gasteiger partial charge in [-0.2, -0.15) is 0 Å². The third-order valence-corrected chi connectivity index (χ3v) is 3.25. The average molecular weight is 174 g/mol. The third kappa shape index (κ3) is 1.77. The maximum absolute atomic E-state index is 2.48. The molecule has 0 aliphatic heterocycles. The predicted molar refractivity (Wildman–Crippen MR) is 57.4 cm³/mol. The molecule has 2 rings (SSSR count). The first-order valence-corrected chi connectivity index (χ1v) is 5.34. The first-order chi connectivity index (χ1) is 6.27. The van der Waals surface area contributed by atoms with Crippen molar-refractivity contribution in [1.29, 1.82) is 0 Å². The molecule has 2 aliphatic rings. The molecule has 70 valence electrons. The smallest absolute Gasteiger partial charge is 0.00182 e. The van der Waals surface area contributed by atoms with Crippen LogP contribution in [0.25, 0.3) is 0 Å². The molecule has 0 saturated heterocycles. The fourth-order valence-electron chi connectivity index (χ4n) is 2.27. The molecule has 0 saturated carbocycles. The van der Waals surface area contributed by atoms with E-state index < -0.39 is 0 Å². The van der Waals surface area contributed by atoms with E-state index >= 15 is 0 Å². The van der Waals surface area contributed by atoms with Gasteiger partial charge in [0, 0.05) is 5.92 Å². The summed E-state index contributed by atoms with van der Waals surface area (Å²) in [6.45, 7) is 4.65. The van der Waals surface area contributed by atoms with Crippen LogP contribution in [0.15, 0.2) is 36.0 Å². The van der Waals surface area contributed by atoms with E-state index in [1.54, 1.807) is 5.57 Å². The molecule has 0 N–H and O–H groups in total. The molecule has 0 heteroatoms. The molecule has 2 aliphatic carbocycles. The van der Waals surface area contributed by atoms with Crippen molar-refractivity contribution in [3.8, 4) is 0 Å². The molecule has 0 aromatic heterocycles. The van der Waals surface area contributed by atoms with Crippen molar-refractivity contribution in [2.75, 3.05) is 0 Å². The van der Waals surface area contributed by atoms with Crippen LogP contribution in [0.5, 0.6) is 0 Å². The SMILES string of the molecule is CC(C)C1C=C2C=CC=CC2CC1. The van der Waals surface area contributed by atoms with Crippen molar-refractivity contribution in [3.63, 3.8) is 0 Å². The molecule has 0 aromatic rings. The molecular weight excluding hydrogens is 156 g/mol. The predicted octanol–water partition coefficient (Wildman–Crippen LogP) is 3.72. The monoisotopic (exact) mass is 174 g/mol. The Labute approximate surface area is 81.0 Å². The molecule has 0 fully saturated rings. The first-order valence-electron chi connectivity index (χ1n) is 5.34. The van der Waals surface area contributed by atoms with Gasteiger partial charge >= 0.3 is 0 Å². The van der Waals surface area contributed by atoms with Crippen molar-refractivity contribution in [3.05, 3.63) is 36.0 Å². The third-order valence-electron chi connectivity index (χ3n) is 3.25. The summed E-state index contributed by atoms with van der Waals surface area (Å²) < 4.78 is 0. The zero-order valence-corrected chi connectivity index (χ0v) is 8.53. The molecule has 2 unspecified atom stereocenters. The lowest BCUT2D eigenvalue weighted by Crippen LogP contribution is -2.16. The number of allylic oxidation sites excluding steroid dienone is 6. The highest BCUT2D eigenvalue weighted by Crippen LogP contribution is 2.34. The van der Waals surface area contributed by atoms with E-state index in [4.69, 9.17) is 0 Å². The maximum Gasteiger partial charge on any atom is 0.00182 e. The molecule has 0 amide bonds. The number of rotatable bonds is 1. The van der Waals surface area contributed by atoms with Gasteiger partial charge in [0.15, 0.2) is 0 Å². The highest BCUT2D eigenvalue weighted by Gasteiger charge is 2.22. The van der Waals surface area contributed by atoms with Crippen molar-refractivity contribution in [2.24, 2.45) is 17.8 Å². The standard InChI is InChI=1S/C13H18/c1-10(2)12-8-7-11-5-3-4-6-13(11)9-12/h3-6,9-12H,7-8H2,1-2H3. The summed E-state index contributed by atoms with van der Waals surface area (Å²) in [5.41, 5.74) is 1.55. The van der Waals surface area contributed by atoms with Gasteiger partial charge in [-0.3, -0.25) is 0 Å². The number of hydrogen-bond donors (Lipinski definition) is 0. The lowest BCUT2D eigenvalue weighted by Gasteiger charge is -2.28. The largest absolute Gasteiger partial charge is 0.0773 e. The maximum atomic E-state index is 2.48. The van der Waals surface area contributed by atoms with E-state index in [1.807, 2.05) is 0 Å². The minimum Gasteiger partial charge on any atom is -0.0773 e. The minimum atomic E-state index is 0.722. The van der Waals surface area contributed by atoms with Gasteiger partial charge in [0.1, 0.15) is 0 Å². The van der Waals surface area contributed by atoms with E-state index in [9.17, 15) is 0 Å². The van der Waals surface area contributed by atoms with Crippen LogP contribution in [0.3, 0.4) is 0 Å². The van der Waals surface area contributed by atoms with Gasteiger partial charge < -0.3 is 0 Å². The quantitative estimate of drug-likeness (QED) is 0.568. The van der Waals surface area contributed by atoms with Crippen LogP contribution in [0.1, 0.15) is 26.7 Å². The highest BCUT2D eigenvalue weighted by molar-refractivity contribution is 5.34. The zero-order valence-electron chi connectivity index (χ0n) is 8.53. The minimum absolute atomic E-state index is 0.722. The fourth-order valence-corrected chi connectivity index (χ4v) is 2.27. The van der Waals surface area contributed by atoms with E-state index in [0.717, 1.165) is 17.8 Å². The van der Waals surface area contributed by atoms with Crippen LogP contribution in [-0.2, 0) is 0 Å². The lowest BCUT2D eigenvalue weighted by molar-refractivity contribution is 0.386. The second-order valence-corrected chi connectivity index (χ2v) is 4.50. The summed E-state index contributed by atoms with van der Waals surface area (Å²) in [5, 5.41) is 0. The average Bonchev–Trinajstić information content (AvgIpc) is 2.17. The van der Waals surface area contributed by atoms with Gasteiger partial charge in [-0.15, -0.1) is 0 Å². The van der Waals surface area contributed by atoms with Crippen LogP contribution in [0, 0.1) is 17.8 Å². The molecule has 0 heterocycles. The fraction of sp³-hybridized carbons (Fsp3) is 0.538. The van der Waals surface area contributed by atoms with Crippen LogP contribution in [-0.4, -0.2) is 0 Å². The van der Waals surface area contributed by atoms with Crippen LogP contribution < -0.4 is 0 Å². The summed E-state index contributed by atoms with van der Waals surface area (Å²) in [5.74, 6) is 2.33. The van der Waals surface area contributed by atoms with Crippen LogP contribution in [0.4, 0.5) is 0 Å². The van der Waals surface area contributed by atoms with Gasteiger partial charge in [-0.25, -0.2) is 0 Å². The Kier molecular flexibility index (Phi) is 2.39.